The summed E-state index contributed by atoms with van der Waals surface area (Å²) in [7, 11) is 2.09. The molecule has 0 saturated carbocycles. The van der Waals surface area contributed by atoms with E-state index in [1.807, 2.05) is 12.3 Å². The number of rotatable bonds is 3. The number of fused-ring (bicyclic) bond motifs is 1. The second kappa shape index (κ2) is 4.74. The molecule has 1 atom stereocenters. The van der Waals surface area contributed by atoms with Gasteiger partial charge in [-0.2, -0.15) is 10.2 Å². The van der Waals surface area contributed by atoms with Crippen molar-refractivity contribution in [2.24, 2.45) is 7.05 Å². The fraction of sp³-hybridized carbons (Fsp3) is 0.600. The molecule has 0 aromatic carbocycles. The lowest BCUT2D eigenvalue weighted by Gasteiger charge is -2.17. The van der Waals surface area contributed by atoms with Gasteiger partial charge in [0.1, 0.15) is 0 Å². The van der Waals surface area contributed by atoms with Crippen molar-refractivity contribution in [3.63, 3.8) is 0 Å². The Kier molecular flexibility index (Phi) is 2.88. The summed E-state index contributed by atoms with van der Waals surface area (Å²) in [5.41, 5.74) is 4.29. The molecule has 4 rings (SSSR count). The Labute approximate surface area is 119 Å². The molecule has 20 heavy (non-hydrogen) atoms. The van der Waals surface area contributed by atoms with Crippen LogP contribution in [0.15, 0.2) is 18.5 Å². The zero-order valence-electron chi connectivity index (χ0n) is 12.0. The SMILES string of the molecule is Cn1nc2c(c1CN1CCC(n3cccn3)C1)CCC2. The molecule has 2 aliphatic rings. The summed E-state index contributed by atoms with van der Waals surface area (Å²) in [6, 6.07) is 2.54. The van der Waals surface area contributed by atoms with Crippen molar-refractivity contribution in [2.45, 2.75) is 38.3 Å². The lowest BCUT2D eigenvalue weighted by atomic mass is 10.2. The Hall–Kier alpha value is -1.62. The molecular weight excluding hydrogens is 250 g/mol. The van der Waals surface area contributed by atoms with E-state index in [4.69, 9.17) is 0 Å². The molecule has 1 aliphatic carbocycles. The maximum Gasteiger partial charge on any atom is 0.0660 e. The van der Waals surface area contributed by atoms with Gasteiger partial charge in [0.15, 0.2) is 0 Å². The lowest BCUT2D eigenvalue weighted by Crippen LogP contribution is -2.23. The van der Waals surface area contributed by atoms with Gasteiger partial charge < -0.3 is 0 Å². The van der Waals surface area contributed by atoms with Crippen molar-refractivity contribution in [2.75, 3.05) is 13.1 Å². The third-order valence-electron chi connectivity index (χ3n) is 4.72. The zero-order chi connectivity index (χ0) is 13.5. The lowest BCUT2D eigenvalue weighted by molar-refractivity contribution is 0.302. The summed E-state index contributed by atoms with van der Waals surface area (Å²) in [5, 5.41) is 9.05. The predicted molar refractivity (Wildman–Crippen MR) is 76.4 cm³/mol. The van der Waals surface area contributed by atoms with Gasteiger partial charge in [0.2, 0.25) is 0 Å². The molecule has 0 spiro atoms. The molecule has 0 bridgehead atoms. The molecule has 1 unspecified atom stereocenters. The molecule has 0 amide bonds. The van der Waals surface area contributed by atoms with E-state index in [9.17, 15) is 0 Å². The van der Waals surface area contributed by atoms with Crippen molar-refractivity contribution in [1.82, 2.24) is 24.5 Å². The van der Waals surface area contributed by atoms with Crippen LogP contribution in [-0.4, -0.2) is 37.6 Å². The summed E-state index contributed by atoms with van der Waals surface area (Å²) in [4.78, 5) is 2.54. The molecule has 1 fully saturated rings. The molecular formula is C15H21N5. The van der Waals surface area contributed by atoms with Crippen LogP contribution in [0.2, 0.25) is 0 Å². The summed E-state index contributed by atoms with van der Waals surface area (Å²) in [6.07, 6.45) is 8.81. The fourth-order valence-electron chi connectivity index (χ4n) is 3.66. The van der Waals surface area contributed by atoms with Crippen LogP contribution in [0.1, 0.15) is 35.8 Å². The summed E-state index contributed by atoms with van der Waals surface area (Å²) in [5.74, 6) is 0. The summed E-state index contributed by atoms with van der Waals surface area (Å²) in [6.45, 7) is 3.29. The standard InChI is InChI=1S/C15H21N5/c1-18-15(13-4-2-5-14(13)17-18)11-19-9-6-12(10-19)20-8-3-7-16-20/h3,7-8,12H,2,4-6,9-11H2,1H3. The number of aryl methyl sites for hydroxylation is 2. The van der Waals surface area contributed by atoms with E-state index in [1.54, 1.807) is 0 Å². The maximum absolute atomic E-state index is 4.67. The molecule has 3 heterocycles. The number of likely N-dealkylation sites (tertiary alicyclic amines) is 1. The van der Waals surface area contributed by atoms with Gasteiger partial charge in [0.05, 0.1) is 17.4 Å². The van der Waals surface area contributed by atoms with Crippen molar-refractivity contribution in [3.05, 3.63) is 35.4 Å². The van der Waals surface area contributed by atoms with E-state index in [1.165, 1.54) is 42.6 Å². The monoisotopic (exact) mass is 271 g/mol. The number of aromatic nitrogens is 4. The van der Waals surface area contributed by atoms with Crippen LogP contribution < -0.4 is 0 Å². The highest BCUT2D eigenvalue weighted by Crippen LogP contribution is 2.28. The Morgan fingerprint density at radius 3 is 3.15 bits per heavy atom. The highest BCUT2D eigenvalue weighted by molar-refractivity contribution is 5.30. The van der Waals surface area contributed by atoms with Gasteiger partial charge in [-0.05, 0) is 37.3 Å². The number of nitrogens with zero attached hydrogens (tertiary/aromatic N) is 5. The van der Waals surface area contributed by atoms with Crippen LogP contribution in [-0.2, 0) is 26.4 Å². The molecule has 0 radical (unpaired) electrons. The average Bonchev–Trinajstić information content (AvgIpc) is 3.17. The van der Waals surface area contributed by atoms with Crippen molar-refractivity contribution < 1.29 is 0 Å². The van der Waals surface area contributed by atoms with Crippen LogP contribution in [0.25, 0.3) is 0 Å². The molecule has 5 nitrogen and oxygen atoms in total. The summed E-state index contributed by atoms with van der Waals surface area (Å²) >= 11 is 0. The van der Waals surface area contributed by atoms with Crippen molar-refractivity contribution >= 4 is 0 Å². The van der Waals surface area contributed by atoms with Crippen LogP contribution >= 0.6 is 0 Å². The molecule has 0 N–H and O–H groups in total. The molecule has 5 heteroatoms. The number of hydrogen-bond donors (Lipinski definition) is 0. The largest absolute Gasteiger partial charge is 0.295 e. The van der Waals surface area contributed by atoms with Crippen molar-refractivity contribution in [3.8, 4) is 0 Å². The molecule has 106 valence electrons. The summed E-state index contributed by atoms with van der Waals surface area (Å²) < 4.78 is 4.21. The van der Waals surface area contributed by atoms with E-state index in [-0.39, 0.29) is 0 Å². The number of hydrogen-bond acceptors (Lipinski definition) is 3. The normalized spacial score (nSPS) is 22.6. The second-order valence-corrected chi connectivity index (χ2v) is 6.01. The van der Waals surface area contributed by atoms with Crippen LogP contribution in [0.4, 0.5) is 0 Å². The molecule has 1 aliphatic heterocycles. The van der Waals surface area contributed by atoms with E-state index in [0.29, 0.717) is 6.04 Å². The first-order valence-electron chi connectivity index (χ1n) is 7.56. The van der Waals surface area contributed by atoms with Gasteiger partial charge in [-0.1, -0.05) is 0 Å². The van der Waals surface area contributed by atoms with Gasteiger partial charge in [-0.15, -0.1) is 0 Å². The van der Waals surface area contributed by atoms with Gasteiger partial charge in [-0.25, -0.2) is 0 Å². The fourth-order valence-corrected chi connectivity index (χ4v) is 3.66. The van der Waals surface area contributed by atoms with Crippen LogP contribution in [0, 0.1) is 0 Å². The smallest absolute Gasteiger partial charge is 0.0660 e. The van der Waals surface area contributed by atoms with E-state index >= 15 is 0 Å². The highest BCUT2D eigenvalue weighted by Gasteiger charge is 2.27. The Balaban J connectivity index is 1.48. The average molecular weight is 271 g/mol. The minimum atomic E-state index is 0.534. The van der Waals surface area contributed by atoms with Crippen LogP contribution in [0.3, 0.4) is 0 Å². The molecule has 2 aromatic heterocycles. The second-order valence-electron chi connectivity index (χ2n) is 6.01. The quantitative estimate of drug-likeness (QED) is 0.850. The van der Waals surface area contributed by atoms with Gasteiger partial charge in [0, 0.05) is 39.1 Å². The van der Waals surface area contributed by atoms with Gasteiger partial charge in [-0.3, -0.25) is 14.3 Å². The topological polar surface area (TPSA) is 38.9 Å². The predicted octanol–water partition coefficient (Wildman–Crippen LogP) is 1.55. The molecule has 2 aromatic rings. The van der Waals surface area contributed by atoms with Gasteiger partial charge >= 0.3 is 0 Å². The highest BCUT2D eigenvalue weighted by atomic mass is 15.3. The Morgan fingerprint density at radius 2 is 2.30 bits per heavy atom. The molecule has 1 saturated heterocycles. The minimum Gasteiger partial charge on any atom is -0.295 e. The van der Waals surface area contributed by atoms with Crippen molar-refractivity contribution in [1.29, 1.82) is 0 Å². The minimum absolute atomic E-state index is 0.534. The first-order chi connectivity index (χ1) is 9.81. The van der Waals surface area contributed by atoms with Gasteiger partial charge in [0.25, 0.3) is 0 Å². The Bertz CT molecular complexity index is 598. The zero-order valence-corrected chi connectivity index (χ0v) is 12.0. The Morgan fingerprint density at radius 1 is 1.35 bits per heavy atom. The third kappa shape index (κ3) is 1.97. The third-order valence-corrected chi connectivity index (χ3v) is 4.72. The first-order valence-corrected chi connectivity index (χ1v) is 7.56. The van der Waals surface area contributed by atoms with E-state index < -0.39 is 0 Å². The first kappa shape index (κ1) is 12.1. The van der Waals surface area contributed by atoms with E-state index in [2.05, 4.69) is 37.7 Å². The van der Waals surface area contributed by atoms with E-state index in [0.717, 1.165) is 19.6 Å². The maximum atomic E-state index is 4.67. The van der Waals surface area contributed by atoms with Crippen LogP contribution in [0.5, 0.6) is 0 Å².